The predicted octanol–water partition coefficient (Wildman–Crippen LogP) is -3.74. The summed E-state index contributed by atoms with van der Waals surface area (Å²) in [6.45, 7) is 0.194. The minimum absolute atomic E-state index is 0. The molecule has 0 spiro atoms. The summed E-state index contributed by atoms with van der Waals surface area (Å²) in [7, 11) is 0.345. The van der Waals surface area contributed by atoms with Crippen molar-refractivity contribution in [3.8, 4) is 0 Å². The first kappa shape index (κ1) is 16.4. The lowest BCUT2D eigenvalue weighted by molar-refractivity contribution is -0.670. The van der Waals surface area contributed by atoms with Crippen LogP contribution in [0, 0.1) is 0 Å². The average molecular weight is 373 g/mol. The number of hydrogen-bond acceptors (Lipinski definition) is 3. The molecule has 0 fully saturated rings. The van der Waals surface area contributed by atoms with Gasteiger partial charge in [-0.1, -0.05) is 0 Å². The molecule has 0 aromatic carbocycles. The number of halogens is 1. The molecular weight excluding hydrogens is 357 g/mol. The lowest BCUT2D eigenvalue weighted by Gasteiger charge is -2.12. The molecule has 0 radical (unpaired) electrons. The van der Waals surface area contributed by atoms with Crippen molar-refractivity contribution in [1.29, 1.82) is 0 Å². The highest BCUT2D eigenvalue weighted by Gasteiger charge is 2.17. The van der Waals surface area contributed by atoms with E-state index in [1.165, 1.54) is 9.47 Å². The molecule has 0 unspecified atom stereocenters. The molecule has 1 aromatic rings. The van der Waals surface area contributed by atoms with Gasteiger partial charge in [0.25, 0.3) is 6.33 Å². The Morgan fingerprint density at radius 1 is 1.47 bits per heavy atom. The second kappa shape index (κ2) is 6.34. The highest BCUT2D eigenvalue weighted by Crippen LogP contribution is 1.94. The predicted molar refractivity (Wildman–Crippen MR) is 58.7 cm³/mol. The van der Waals surface area contributed by atoms with Gasteiger partial charge < -0.3 is 28.9 Å². The number of carbonyl (C=O) groups excluding carboxylic acids is 1. The zero-order valence-electron chi connectivity index (χ0n) is 10.00. The van der Waals surface area contributed by atoms with Crippen molar-refractivity contribution < 1.29 is 41.8 Å². The molecule has 0 saturated heterocycles. The number of rotatable bonds is 3. The summed E-state index contributed by atoms with van der Waals surface area (Å²) >= 11 is 0. The fourth-order valence-corrected chi connectivity index (χ4v) is 1.76. The molecular formula is C9H16IN3O3S. The molecule has 0 aliphatic rings. The molecule has 0 bridgehead atoms. The molecule has 1 aromatic heterocycles. The van der Waals surface area contributed by atoms with Crippen LogP contribution in [-0.2, 0) is 16.9 Å². The summed E-state index contributed by atoms with van der Waals surface area (Å²) in [6.07, 6.45) is 6.14. The normalized spacial score (nSPS) is 10.8. The van der Waals surface area contributed by atoms with Crippen molar-refractivity contribution in [3.05, 3.63) is 18.7 Å². The van der Waals surface area contributed by atoms with Crippen molar-refractivity contribution >= 4 is 15.9 Å². The number of hydrogen-bond donors (Lipinski definition) is 0. The summed E-state index contributed by atoms with van der Waals surface area (Å²) in [6, 6.07) is -0.246. The van der Waals surface area contributed by atoms with Crippen LogP contribution in [0.15, 0.2) is 18.7 Å². The quantitative estimate of drug-likeness (QED) is 0.404. The van der Waals surface area contributed by atoms with Crippen molar-refractivity contribution in [2.24, 2.45) is 7.05 Å². The largest absolute Gasteiger partial charge is 1.00 e. The topological polar surface area (TPSA) is 63.3 Å². The van der Waals surface area contributed by atoms with Gasteiger partial charge >= 0.3 is 6.03 Å². The van der Waals surface area contributed by atoms with Gasteiger partial charge in [0, 0.05) is 19.8 Å². The first-order valence-electron chi connectivity index (χ1n) is 4.76. The number of aromatic nitrogens is 2. The Hall–Kier alpha value is -0.640. The second-order valence-electron chi connectivity index (χ2n) is 3.82. The Labute approximate surface area is 118 Å². The number of carbonyl (C=O) groups is 1. The number of aryl methyl sites for hydroxylation is 1. The van der Waals surface area contributed by atoms with E-state index in [1.807, 2.05) is 0 Å². The third kappa shape index (κ3) is 5.48. The molecule has 0 N–H and O–H groups in total. The van der Waals surface area contributed by atoms with Crippen LogP contribution in [0.2, 0.25) is 0 Å². The smallest absolute Gasteiger partial charge is 0.415 e. The Kier molecular flexibility index (Phi) is 6.10. The molecule has 8 heteroatoms. The Balaban J connectivity index is 0.00000256. The number of imidazole rings is 1. The number of amides is 1. The lowest BCUT2D eigenvalue weighted by atomic mass is 10.6. The third-order valence-electron chi connectivity index (χ3n) is 2.11. The summed E-state index contributed by atoms with van der Waals surface area (Å²) < 4.78 is 25.0. The van der Waals surface area contributed by atoms with Crippen LogP contribution < -0.4 is 28.5 Å². The van der Waals surface area contributed by atoms with Gasteiger partial charge in [-0.15, -0.1) is 0 Å². The van der Waals surface area contributed by atoms with Crippen molar-refractivity contribution in [3.63, 3.8) is 0 Å². The number of nitrogens with zero attached hydrogens (tertiary/aromatic N) is 3. The second-order valence-corrected chi connectivity index (χ2v) is 6.08. The van der Waals surface area contributed by atoms with Crippen LogP contribution in [0.4, 0.5) is 4.79 Å². The van der Waals surface area contributed by atoms with E-state index in [0.717, 1.165) is 6.26 Å². The zero-order valence-corrected chi connectivity index (χ0v) is 13.0. The van der Waals surface area contributed by atoms with Crippen LogP contribution >= 0.6 is 0 Å². The highest BCUT2D eigenvalue weighted by atomic mass is 127. The Morgan fingerprint density at radius 2 is 2.06 bits per heavy atom. The maximum Gasteiger partial charge on any atom is 0.415 e. The van der Waals surface area contributed by atoms with Crippen LogP contribution in [0.3, 0.4) is 0 Å². The molecule has 0 atom stereocenters. The van der Waals surface area contributed by atoms with Gasteiger partial charge in [-0.3, -0.25) is 0 Å². The van der Waals surface area contributed by atoms with Gasteiger partial charge in [0.05, 0.1) is 12.8 Å². The van der Waals surface area contributed by atoms with E-state index >= 15 is 0 Å². The molecule has 17 heavy (non-hydrogen) atoms. The molecule has 98 valence electrons. The van der Waals surface area contributed by atoms with Crippen molar-refractivity contribution in [2.45, 2.75) is 0 Å². The summed E-state index contributed by atoms with van der Waals surface area (Å²) in [5.74, 6) is -0.0252. The Bertz CT molecular complexity index is 483. The van der Waals surface area contributed by atoms with Gasteiger partial charge in [-0.25, -0.2) is 17.8 Å². The van der Waals surface area contributed by atoms with Gasteiger partial charge in [0.2, 0.25) is 0 Å². The zero-order chi connectivity index (χ0) is 12.3. The van der Waals surface area contributed by atoms with Gasteiger partial charge in [-0.05, 0) is 0 Å². The average Bonchev–Trinajstić information content (AvgIpc) is 2.59. The van der Waals surface area contributed by atoms with E-state index in [9.17, 15) is 13.2 Å². The standard InChI is InChI=1S/C9H16N3O3S.HI/c1-10-4-5-12(8-10)9(13)11(2)6-7-16(3,14)15;/h4-5,8H,6-7H2,1-3H3;1H/q+1;/p-1. The molecule has 6 nitrogen and oxygen atoms in total. The molecule has 1 rings (SSSR count). The van der Waals surface area contributed by atoms with Crippen molar-refractivity contribution in [1.82, 2.24) is 9.47 Å². The maximum absolute atomic E-state index is 11.8. The van der Waals surface area contributed by atoms with Gasteiger partial charge in [0.15, 0.2) is 0 Å². The summed E-state index contributed by atoms with van der Waals surface area (Å²) in [5, 5.41) is 0. The fraction of sp³-hybridized carbons (Fsp3) is 0.556. The SMILES string of the molecule is CN(CCS(C)(=O)=O)C(=O)n1cc[n+](C)c1.[I-]. The van der Waals surface area contributed by atoms with Crippen LogP contribution in [0.25, 0.3) is 0 Å². The molecule has 1 amide bonds. The lowest BCUT2D eigenvalue weighted by Crippen LogP contribution is -3.00. The van der Waals surface area contributed by atoms with E-state index in [-0.39, 0.29) is 42.3 Å². The first-order valence-corrected chi connectivity index (χ1v) is 6.82. The molecule has 0 aliphatic heterocycles. The molecule has 0 saturated carbocycles. The first-order chi connectivity index (χ1) is 7.29. The Morgan fingerprint density at radius 3 is 2.47 bits per heavy atom. The van der Waals surface area contributed by atoms with E-state index in [4.69, 9.17) is 0 Å². The third-order valence-corrected chi connectivity index (χ3v) is 3.04. The summed E-state index contributed by atoms with van der Waals surface area (Å²) in [5.41, 5.74) is 0. The van der Waals surface area contributed by atoms with E-state index in [2.05, 4.69) is 0 Å². The molecule has 0 aliphatic carbocycles. The highest BCUT2D eigenvalue weighted by molar-refractivity contribution is 7.90. The minimum Gasteiger partial charge on any atom is -1.00 e. The van der Waals surface area contributed by atoms with Gasteiger partial charge in [-0.2, -0.15) is 4.57 Å². The van der Waals surface area contributed by atoms with Crippen LogP contribution in [-0.4, -0.2) is 49.5 Å². The monoisotopic (exact) mass is 373 g/mol. The van der Waals surface area contributed by atoms with E-state index in [1.54, 1.807) is 37.4 Å². The minimum atomic E-state index is -3.04. The van der Waals surface area contributed by atoms with Crippen molar-refractivity contribution in [2.75, 3.05) is 25.6 Å². The summed E-state index contributed by atoms with van der Waals surface area (Å²) in [4.78, 5) is 13.1. The number of sulfone groups is 1. The van der Waals surface area contributed by atoms with Crippen LogP contribution in [0.1, 0.15) is 0 Å². The molecule has 1 heterocycles. The van der Waals surface area contributed by atoms with E-state index in [0.29, 0.717) is 0 Å². The van der Waals surface area contributed by atoms with Gasteiger partial charge in [0.1, 0.15) is 22.2 Å². The van der Waals surface area contributed by atoms with Crippen LogP contribution in [0.5, 0.6) is 0 Å². The van der Waals surface area contributed by atoms with E-state index < -0.39 is 9.84 Å². The fourth-order valence-electron chi connectivity index (χ4n) is 1.16. The maximum atomic E-state index is 11.8.